The number of hydrogen-bond acceptors (Lipinski definition) is 5. The average molecular weight is 587 g/mol. The maximum Gasteiger partial charge on any atom is 0.321 e. The maximum atomic E-state index is 13.0. The molecule has 0 aliphatic carbocycles. The Hall–Kier alpha value is -3.07. The summed E-state index contributed by atoms with van der Waals surface area (Å²) in [5, 5.41) is 9.94. The lowest BCUT2D eigenvalue weighted by molar-refractivity contribution is 0.215. The van der Waals surface area contributed by atoms with Gasteiger partial charge in [0.2, 0.25) is 0 Å². The van der Waals surface area contributed by atoms with E-state index in [1.807, 2.05) is 40.0 Å². The fourth-order valence-corrected chi connectivity index (χ4v) is 5.10. The van der Waals surface area contributed by atoms with Gasteiger partial charge in [-0.3, -0.25) is 0 Å². The van der Waals surface area contributed by atoms with Gasteiger partial charge < -0.3 is 15.1 Å². The Morgan fingerprint density at radius 3 is 2.62 bits per heavy atom. The number of amides is 2. The molecule has 0 unspecified atom stereocenters. The number of carbonyl (C=O) groups excluding carboxylic acids is 1. The SMILES string of the molecule is CC(C)CCc1nc(N2CCCN(C(=O)Nc3ccc(Cl)c(Cl)c3)CC2)c2cnn(-c3cccc(Cl)c3)c2n1. The highest BCUT2D eigenvalue weighted by Gasteiger charge is 2.24. The highest BCUT2D eigenvalue weighted by Crippen LogP contribution is 2.29. The molecule has 1 N–H and O–H groups in total. The summed E-state index contributed by atoms with van der Waals surface area (Å²) in [5.41, 5.74) is 2.20. The van der Waals surface area contributed by atoms with Gasteiger partial charge in [0.25, 0.3) is 0 Å². The molecule has 2 aromatic heterocycles. The fourth-order valence-electron chi connectivity index (χ4n) is 4.61. The third kappa shape index (κ3) is 6.40. The van der Waals surface area contributed by atoms with Crippen molar-refractivity contribution < 1.29 is 4.79 Å². The molecule has 3 heterocycles. The van der Waals surface area contributed by atoms with E-state index in [4.69, 9.17) is 44.8 Å². The molecule has 0 spiro atoms. The van der Waals surface area contributed by atoms with E-state index in [0.717, 1.165) is 54.2 Å². The van der Waals surface area contributed by atoms with E-state index in [1.165, 1.54) is 0 Å². The highest BCUT2D eigenvalue weighted by atomic mass is 35.5. The van der Waals surface area contributed by atoms with Crippen LogP contribution in [0.5, 0.6) is 0 Å². The summed E-state index contributed by atoms with van der Waals surface area (Å²) in [4.78, 5) is 27.0. The summed E-state index contributed by atoms with van der Waals surface area (Å²) in [6.07, 6.45) is 4.37. The van der Waals surface area contributed by atoms with Gasteiger partial charge in [-0.05, 0) is 55.2 Å². The van der Waals surface area contributed by atoms with Crippen LogP contribution in [0, 0.1) is 5.92 Å². The Morgan fingerprint density at radius 2 is 1.85 bits per heavy atom. The van der Waals surface area contributed by atoms with Crippen LogP contribution >= 0.6 is 34.8 Å². The molecular formula is C28H30Cl3N7O. The normalized spacial score (nSPS) is 14.2. The number of hydrogen-bond donors (Lipinski definition) is 1. The quantitative estimate of drug-likeness (QED) is 0.260. The molecular weight excluding hydrogens is 557 g/mol. The van der Waals surface area contributed by atoms with Crippen molar-refractivity contribution in [2.45, 2.75) is 33.1 Å². The zero-order chi connectivity index (χ0) is 27.5. The van der Waals surface area contributed by atoms with Crippen LogP contribution in [0.2, 0.25) is 15.1 Å². The van der Waals surface area contributed by atoms with Crippen LogP contribution in [-0.2, 0) is 6.42 Å². The molecule has 204 valence electrons. The Balaban J connectivity index is 1.41. The summed E-state index contributed by atoms with van der Waals surface area (Å²) >= 11 is 18.4. The zero-order valence-electron chi connectivity index (χ0n) is 21.9. The van der Waals surface area contributed by atoms with Crippen LogP contribution < -0.4 is 10.2 Å². The van der Waals surface area contributed by atoms with Gasteiger partial charge in [0.15, 0.2) is 5.65 Å². The van der Waals surface area contributed by atoms with Crippen molar-refractivity contribution in [3.63, 3.8) is 0 Å². The van der Waals surface area contributed by atoms with Gasteiger partial charge in [-0.25, -0.2) is 19.4 Å². The number of rotatable bonds is 6. The molecule has 0 bridgehead atoms. The lowest BCUT2D eigenvalue weighted by atomic mass is 10.1. The average Bonchev–Trinajstić information content (AvgIpc) is 3.18. The van der Waals surface area contributed by atoms with E-state index < -0.39 is 0 Å². The second-order valence-corrected chi connectivity index (χ2v) is 11.3. The first-order valence-corrected chi connectivity index (χ1v) is 14.2. The van der Waals surface area contributed by atoms with E-state index in [-0.39, 0.29) is 6.03 Å². The predicted octanol–water partition coefficient (Wildman–Crippen LogP) is 7.11. The molecule has 8 nitrogen and oxygen atoms in total. The minimum absolute atomic E-state index is 0.172. The first kappa shape index (κ1) is 27.5. The summed E-state index contributed by atoms with van der Waals surface area (Å²) in [7, 11) is 0. The summed E-state index contributed by atoms with van der Waals surface area (Å²) in [6, 6.07) is 12.5. The molecule has 1 aliphatic heterocycles. The van der Waals surface area contributed by atoms with Gasteiger partial charge in [-0.15, -0.1) is 0 Å². The summed E-state index contributed by atoms with van der Waals surface area (Å²) in [5.74, 6) is 2.17. The first-order chi connectivity index (χ1) is 18.8. The molecule has 0 atom stereocenters. The number of nitrogens with one attached hydrogen (secondary N) is 1. The van der Waals surface area contributed by atoms with E-state index in [1.54, 1.807) is 18.2 Å². The summed E-state index contributed by atoms with van der Waals surface area (Å²) < 4.78 is 1.82. The minimum atomic E-state index is -0.172. The number of halogens is 3. The molecule has 0 radical (unpaired) electrons. The third-order valence-corrected chi connectivity index (χ3v) is 7.68. The Labute approximate surface area is 242 Å². The predicted molar refractivity (Wildman–Crippen MR) is 159 cm³/mol. The molecule has 39 heavy (non-hydrogen) atoms. The molecule has 1 fully saturated rings. The molecule has 1 saturated heterocycles. The molecule has 5 rings (SSSR count). The molecule has 4 aromatic rings. The Bertz CT molecular complexity index is 1490. The number of fused-ring (bicyclic) bond motifs is 1. The maximum absolute atomic E-state index is 13.0. The van der Waals surface area contributed by atoms with Crippen molar-refractivity contribution in [2.24, 2.45) is 5.92 Å². The molecule has 2 aromatic carbocycles. The van der Waals surface area contributed by atoms with Gasteiger partial charge in [0.05, 0.1) is 27.3 Å². The minimum Gasteiger partial charge on any atom is -0.354 e. The van der Waals surface area contributed by atoms with E-state index in [0.29, 0.717) is 46.3 Å². The number of aryl methyl sites for hydroxylation is 1. The fraction of sp³-hybridized carbons (Fsp3) is 0.357. The van der Waals surface area contributed by atoms with Gasteiger partial charge in [0.1, 0.15) is 11.6 Å². The zero-order valence-corrected chi connectivity index (χ0v) is 24.1. The molecule has 0 saturated carbocycles. The van der Waals surface area contributed by atoms with Crippen LogP contribution in [0.15, 0.2) is 48.7 Å². The van der Waals surface area contributed by atoms with Crippen molar-refractivity contribution in [1.29, 1.82) is 0 Å². The lowest BCUT2D eigenvalue weighted by Crippen LogP contribution is -2.38. The number of anilines is 2. The second-order valence-electron chi connectivity index (χ2n) is 10.1. The number of aromatic nitrogens is 4. The Kier molecular flexibility index (Phi) is 8.45. The largest absolute Gasteiger partial charge is 0.354 e. The lowest BCUT2D eigenvalue weighted by Gasteiger charge is -2.24. The van der Waals surface area contributed by atoms with E-state index in [9.17, 15) is 4.79 Å². The van der Waals surface area contributed by atoms with Crippen LogP contribution in [0.1, 0.15) is 32.5 Å². The molecule has 11 heteroatoms. The van der Waals surface area contributed by atoms with Gasteiger partial charge in [0, 0.05) is 43.3 Å². The smallest absolute Gasteiger partial charge is 0.321 e. The topological polar surface area (TPSA) is 79.2 Å². The molecule has 1 aliphatic rings. The van der Waals surface area contributed by atoms with Crippen LogP contribution in [0.25, 0.3) is 16.7 Å². The number of carbonyl (C=O) groups is 1. The van der Waals surface area contributed by atoms with Crippen LogP contribution in [0.4, 0.5) is 16.3 Å². The molecule has 2 amide bonds. The van der Waals surface area contributed by atoms with Crippen molar-refractivity contribution in [2.75, 3.05) is 36.4 Å². The highest BCUT2D eigenvalue weighted by molar-refractivity contribution is 6.42. The van der Waals surface area contributed by atoms with Gasteiger partial charge in [-0.1, -0.05) is 54.7 Å². The number of urea groups is 1. The second kappa shape index (κ2) is 12.0. The van der Waals surface area contributed by atoms with Crippen LogP contribution in [0.3, 0.4) is 0 Å². The third-order valence-electron chi connectivity index (χ3n) is 6.71. The first-order valence-electron chi connectivity index (χ1n) is 13.0. The van der Waals surface area contributed by atoms with E-state index in [2.05, 4.69) is 29.2 Å². The van der Waals surface area contributed by atoms with Crippen molar-refractivity contribution in [1.82, 2.24) is 24.6 Å². The van der Waals surface area contributed by atoms with Crippen LogP contribution in [-0.4, -0.2) is 56.9 Å². The summed E-state index contributed by atoms with van der Waals surface area (Å²) in [6.45, 7) is 6.95. The van der Waals surface area contributed by atoms with Crippen molar-refractivity contribution in [3.8, 4) is 5.69 Å². The standard InChI is InChI=1S/C28H30Cl3N7O/c1-18(2)7-10-25-34-26(22-17-32-38(27(22)35-25)21-6-3-5-19(29)15-21)36-11-4-12-37(14-13-36)28(39)33-20-8-9-23(30)24(31)16-20/h3,5-6,8-9,15-18H,4,7,10-14H2,1-2H3,(H,33,39). The van der Waals surface area contributed by atoms with E-state index >= 15 is 0 Å². The Morgan fingerprint density at radius 1 is 1.00 bits per heavy atom. The number of nitrogens with zero attached hydrogens (tertiary/aromatic N) is 6. The van der Waals surface area contributed by atoms with Crippen molar-refractivity contribution in [3.05, 3.63) is 69.6 Å². The van der Waals surface area contributed by atoms with Crippen molar-refractivity contribution >= 4 is 63.4 Å². The number of benzene rings is 2. The van der Waals surface area contributed by atoms with Gasteiger partial charge in [-0.2, -0.15) is 5.10 Å². The van der Waals surface area contributed by atoms with Gasteiger partial charge >= 0.3 is 6.03 Å². The monoisotopic (exact) mass is 585 g/mol.